The van der Waals surface area contributed by atoms with Crippen LogP contribution in [0, 0.1) is 0 Å². The number of benzene rings is 1. The van der Waals surface area contributed by atoms with Gasteiger partial charge in [0, 0.05) is 18.5 Å². The van der Waals surface area contributed by atoms with E-state index in [1.807, 2.05) is 0 Å². The molecule has 2 fully saturated rings. The lowest BCUT2D eigenvalue weighted by Crippen LogP contribution is -2.50. The van der Waals surface area contributed by atoms with Crippen LogP contribution in [0.2, 0.25) is 0 Å². The van der Waals surface area contributed by atoms with Crippen LogP contribution in [0.15, 0.2) is 29.6 Å². The van der Waals surface area contributed by atoms with Crippen molar-refractivity contribution in [1.29, 1.82) is 0 Å². The molecule has 0 radical (unpaired) electrons. The number of hydrogen-bond acceptors (Lipinski definition) is 5. The predicted molar refractivity (Wildman–Crippen MR) is 106 cm³/mol. The number of hydrogen-bond donors (Lipinski definition) is 1. The Morgan fingerprint density at radius 3 is 2.45 bits per heavy atom. The number of amides is 2. The Morgan fingerprint density at radius 1 is 1.12 bits per heavy atom. The number of aromatic amines is 1. The Kier molecular flexibility index (Phi) is 5.03. The van der Waals surface area contributed by atoms with Gasteiger partial charge in [-0.15, -0.1) is 11.3 Å². The van der Waals surface area contributed by atoms with Crippen LogP contribution in [0.5, 0.6) is 5.75 Å². The second-order valence-corrected chi connectivity index (χ2v) is 8.70. The van der Waals surface area contributed by atoms with E-state index >= 15 is 0 Å². The average Bonchev–Trinajstić information content (AvgIpc) is 3.53. The number of carbonyl (C=O) groups excluding carboxylic acids is 2. The molecule has 13 heteroatoms. The fourth-order valence-electron chi connectivity index (χ4n) is 4.43. The van der Waals surface area contributed by atoms with E-state index in [0.29, 0.717) is 11.9 Å². The third-order valence-corrected chi connectivity index (χ3v) is 6.78. The zero-order valence-corrected chi connectivity index (χ0v) is 17.4. The molecule has 2 bridgehead atoms. The van der Waals surface area contributed by atoms with Gasteiger partial charge in [-0.2, -0.15) is 27.1 Å². The van der Waals surface area contributed by atoms with Crippen LogP contribution < -0.4 is 4.74 Å². The molecule has 2 amide bonds. The second-order valence-electron chi connectivity index (χ2n) is 7.78. The predicted octanol–water partition coefficient (Wildman–Crippen LogP) is 3.98. The van der Waals surface area contributed by atoms with Crippen molar-refractivity contribution in [1.82, 2.24) is 20.0 Å². The SMILES string of the molecule is O=C(c1sccc1OC(F)F)N1C[C@@H]2C[C@H]1CN2C(=O)c1n[nH]c2ccc(C(F)(F)F)cc12. The molecule has 7 nitrogen and oxygen atoms in total. The van der Waals surface area contributed by atoms with Crippen molar-refractivity contribution >= 4 is 34.1 Å². The molecule has 2 atom stereocenters. The number of fused-ring (bicyclic) bond motifs is 3. The highest BCUT2D eigenvalue weighted by atomic mass is 32.1. The Bertz CT molecular complexity index is 1240. The van der Waals surface area contributed by atoms with Gasteiger partial charge in [0.15, 0.2) is 5.69 Å². The molecule has 2 saturated heterocycles. The Labute approximate surface area is 186 Å². The van der Waals surface area contributed by atoms with Crippen LogP contribution in [0.25, 0.3) is 10.9 Å². The number of rotatable bonds is 4. The summed E-state index contributed by atoms with van der Waals surface area (Å²) in [5, 5.41) is 8.06. The number of aromatic nitrogens is 2. The van der Waals surface area contributed by atoms with Gasteiger partial charge in [-0.3, -0.25) is 14.7 Å². The summed E-state index contributed by atoms with van der Waals surface area (Å²) in [7, 11) is 0. The van der Waals surface area contributed by atoms with E-state index in [4.69, 9.17) is 0 Å². The van der Waals surface area contributed by atoms with Gasteiger partial charge >= 0.3 is 12.8 Å². The first-order chi connectivity index (χ1) is 15.6. The molecule has 1 aromatic carbocycles. The van der Waals surface area contributed by atoms with Crippen molar-refractivity contribution in [2.75, 3.05) is 13.1 Å². The number of H-pyrrole nitrogens is 1. The van der Waals surface area contributed by atoms with Gasteiger partial charge in [-0.25, -0.2) is 0 Å². The van der Waals surface area contributed by atoms with Gasteiger partial charge in [0.25, 0.3) is 11.8 Å². The molecule has 1 N–H and O–H groups in total. The molecule has 0 spiro atoms. The summed E-state index contributed by atoms with van der Waals surface area (Å²) in [5.74, 6) is -1.18. The topological polar surface area (TPSA) is 78.5 Å². The molecule has 33 heavy (non-hydrogen) atoms. The number of likely N-dealkylation sites (tertiary alicyclic amines) is 2. The largest absolute Gasteiger partial charge is 0.433 e. The van der Waals surface area contributed by atoms with Gasteiger partial charge in [0.1, 0.15) is 10.6 Å². The first-order valence-corrected chi connectivity index (χ1v) is 10.7. The lowest BCUT2D eigenvalue weighted by Gasteiger charge is -2.33. The summed E-state index contributed by atoms with van der Waals surface area (Å²) in [6.07, 6.45) is -4.09. The molecular weight excluding hydrogens is 471 g/mol. The molecule has 5 rings (SSSR count). The summed E-state index contributed by atoms with van der Waals surface area (Å²) >= 11 is 0.988. The van der Waals surface area contributed by atoms with Crippen molar-refractivity contribution in [3.05, 3.63) is 45.8 Å². The van der Waals surface area contributed by atoms with Crippen molar-refractivity contribution in [2.45, 2.75) is 31.3 Å². The number of nitrogens with one attached hydrogen (secondary N) is 1. The van der Waals surface area contributed by atoms with E-state index in [0.717, 1.165) is 23.5 Å². The number of nitrogens with zero attached hydrogens (tertiary/aromatic N) is 3. The molecular formula is C20H15F5N4O3S. The maximum absolute atomic E-state index is 13.1. The number of ether oxygens (including phenoxy) is 1. The summed E-state index contributed by atoms with van der Waals surface area (Å²) in [6.45, 7) is -2.72. The third-order valence-electron chi connectivity index (χ3n) is 5.89. The van der Waals surface area contributed by atoms with E-state index in [1.165, 1.54) is 27.3 Å². The maximum Gasteiger partial charge on any atom is 0.416 e. The number of carbonyl (C=O) groups is 2. The van der Waals surface area contributed by atoms with Crippen molar-refractivity contribution in [3.63, 3.8) is 0 Å². The maximum atomic E-state index is 13.1. The monoisotopic (exact) mass is 486 g/mol. The van der Waals surface area contributed by atoms with E-state index in [9.17, 15) is 31.5 Å². The zero-order valence-electron chi connectivity index (χ0n) is 16.6. The first kappa shape index (κ1) is 21.6. The normalized spacial score (nSPS) is 20.3. The van der Waals surface area contributed by atoms with Gasteiger partial charge in [0.05, 0.1) is 23.2 Å². The van der Waals surface area contributed by atoms with Crippen molar-refractivity contribution < 1.29 is 36.3 Å². The molecule has 2 aliphatic heterocycles. The molecule has 174 valence electrons. The van der Waals surface area contributed by atoms with Crippen LogP contribution in [0.1, 0.15) is 32.1 Å². The molecule has 3 aromatic rings. The van der Waals surface area contributed by atoms with E-state index in [-0.39, 0.29) is 46.9 Å². The fourth-order valence-corrected chi connectivity index (χ4v) is 5.20. The second kappa shape index (κ2) is 7.68. The quantitative estimate of drug-likeness (QED) is 0.566. The van der Waals surface area contributed by atoms with Gasteiger partial charge in [0.2, 0.25) is 0 Å². The summed E-state index contributed by atoms with van der Waals surface area (Å²) in [6, 6.07) is 3.61. The minimum absolute atomic E-state index is 0.0544. The van der Waals surface area contributed by atoms with Crippen LogP contribution >= 0.6 is 11.3 Å². The van der Waals surface area contributed by atoms with Crippen LogP contribution in [-0.2, 0) is 6.18 Å². The van der Waals surface area contributed by atoms with Gasteiger partial charge in [-0.1, -0.05) is 0 Å². The molecule has 2 aliphatic rings. The number of alkyl halides is 5. The van der Waals surface area contributed by atoms with E-state index < -0.39 is 30.2 Å². The molecule has 0 aliphatic carbocycles. The Balaban J connectivity index is 1.34. The Morgan fingerprint density at radius 2 is 1.82 bits per heavy atom. The molecule has 2 aromatic heterocycles. The molecule has 0 unspecified atom stereocenters. The average molecular weight is 486 g/mol. The Hall–Kier alpha value is -3.22. The molecule has 0 saturated carbocycles. The summed E-state index contributed by atoms with van der Waals surface area (Å²) < 4.78 is 68.9. The number of halogens is 5. The lowest BCUT2D eigenvalue weighted by molar-refractivity contribution is -0.137. The van der Waals surface area contributed by atoms with Crippen LogP contribution in [0.4, 0.5) is 22.0 Å². The summed E-state index contributed by atoms with van der Waals surface area (Å²) in [5.41, 5.74) is -0.702. The first-order valence-electron chi connectivity index (χ1n) is 9.83. The lowest BCUT2D eigenvalue weighted by atomic mass is 10.1. The third kappa shape index (κ3) is 3.69. The van der Waals surface area contributed by atoms with E-state index in [2.05, 4.69) is 14.9 Å². The molecule has 4 heterocycles. The standard InChI is InChI=1S/C20H15F5N4O3S/c21-19(22)32-14-3-4-33-16(14)18(31)29-8-10-6-11(29)7-28(10)17(30)15-12-5-9(20(23,24)25)1-2-13(12)26-27-15/h1-5,10-11,19H,6-8H2,(H,26,27)/t10-,11-/m0/s1. The van der Waals surface area contributed by atoms with Crippen molar-refractivity contribution in [2.24, 2.45) is 0 Å². The smallest absolute Gasteiger partial charge is 0.416 e. The number of piperazine rings is 1. The minimum Gasteiger partial charge on any atom is -0.433 e. The minimum atomic E-state index is -4.56. The highest BCUT2D eigenvalue weighted by Gasteiger charge is 2.48. The number of thiophene rings is 1. The van der Waals surface area contributed by atoms with Crippen LogP contribution in [0.3, 0.4) is 0 Å². The van der Waals surface area contributed by atoms with Gasteiger partial charge < -0.3 is 14.5 Å². The van der Waals surface area contributed by atoms with Gasteiger partial charge in [-0.05, 0) is 36.1 Å². The highest BCUT2D eigenvalue weighted by molar-refractivity contribution is 7.12. The summed E-state index contributed by atoms with van der Waals surface area (Å²) in [4.78, 5) is 29.1. The van der Waals surface area contributed by atoms with E-state index in [1.54, 1.807) is 0 Å². The van der Waals surface area contributed by atoms with Crippen molar-refractivity contribution in [3.8, 4) is 5.75 Å². The highest BCUT2D eigenvalue weighted by Crippen LogP contribution is 2.37. The zero-order chi connectivity index (χ0) is 23.5. The fraction of sp³-hybridized carbons (Fsp3) is 0.350. The van der Waals surface area contributed by atoms with Crippen LogP contribution in [-0.4, -0.2) is 63.6 Å².